The Hall–Kier alpha value is -1.59. The van der Waals surface area contributed by atoms with E-state index >= 15 is 0 Å². The van der Waals surface area contributed by atoms with E-state index < -0.39 is 6.10 Å². The largest absolute Gasteiger partial charge is 0.462 e. The molecule has 0 fully saturated rings. The van der Waals surface area contributed by atoms with Gasteiger partial charge in [0, 0.05) is 19.3 Å². The summed E-state index contributed by atoms with van der Waals surface area (Å²) in [6.07, 6.45) is 60.9. The predicted octanol–water partition coefficient (Wildman–Crippen LogP) is 20.2. The van der Waals surface area contributed by atoms with Crippen LogP contribution >= 0.6 is 0 Å². The van der Waals surface area contributed by atoms with Crippen molar-refractivity contribution in [1.82, 2.24) is 0 Å². The molecular formula is C61H118O6. The highest BCUT2D eigenvalue weighted by atomic mass is 16.6. The third-order valence-corrected chi connectivity index (χ3v) is 14.0. The van der Waals surface area contributed by atoms with Crippen LogP contribution < -0.4 is 0 Å². The Labute approximate surface area is 418 Å². The zero-order valence-electron chi connectivity index (χ0n) is 45.9. The molecule has 1 atom stereocenters. The minimum absolute atomic E-state index is 0.0615. The van der Waals surface area contributed by atoms with E-state index in [2.05, 4.69) is 27.7 Å². The van der Waals surface area contributed by atoms with E-state index in [4.69, 9.17) is 14.2 Å². The second-order valence-electron chi connectivity index (χ2n) is 21.5. The molecule has 0 unspecified atom stereocenters. The van der Waals surface area contributed by atoms with Crippen molar-refractivity contribution in [3.63, 3.8) is 0 Å². The summed E-state index contributed by atoms with van der Waals surface area (Å²) < 4.78 is 16.9. The van der Waals surface area contributed by atoms with Gasteiger partial charge in [-0.3, -0.25) is 14.4 Å². The highest BCUT2D eigenvalue weighted by Crippen LogP contribution is 2.18. The quantitative estimate of drug-likeness (QED) is 0.0343. The van der Waals surface area contributed by atoms with Gasteiger partial charge in [0.25, 0.3) is 0 Å². The molecule has 0 rings (SSSR count). The van der Waals surface area contributed by atoms with E-state index in [9.17, 15) is 14.4 Å². The third kappa shape index (κ3) is 55.2. The van der Waals surface area contributed by atoms with E-state index in [-0.39, 0.29) is 31.1 Å². The van der Waals surface area contributed by atoms with Crippen LogP contribution in [0.3, 0.4) is 0 Å². The summed E-state index contributed by atoms with van der Waals surface area (Å²) in [6.45, 7) is 9.07. The van der Waals surface area contributed by atoms with Gasteiger partial charge in [0.05, 0.1) is 0 Å². The van der Waals surface area contributed by atoms with Crippen molar-refractivity contribution in [3.05, 3.63) is 0 Å². The lowest BCUT2D eigenvalue weighted by Crippen LogP contribution is -2.30. The fourth-order valence-electron chi connectivity index (χ4n) is 9.46. The minimum atomic E-state index is -0.762. The fraction of sp³-hybridized carbons (Fsp3) is 0.951. The minimum Gasteiger partial charge on any atom is -0.462 e. The third-order valence-electron chi connectivity index (χ3n) is 14.0. The van der Waals surface area contributed by atoms with Gasteiger partial charge in [0.15, 0.2) is 6.10 Å². The average molecular weight is 948 g/mol. The molecule has 6 nitrogen and oxygen atoms in total. The maximum Gasteiger partial charge on any atom is 0.306 e. The number of esters is 3. The number of ether oxygens (including phenoxy) is 3. The summed E-state index contributed by atoms with van der Waals surface area (Å²) >= 11 is 0. The number of hydrogen-bond donors (Lipinski definition) is 0. The van der Waals surface area contributed by atoms with Crippen LogP contribution in [0.5, 0.6) is 0 Å². The van der Waals surface area contributed by atoms with Crippen LogP contribution in [-0.4, -0.2) is 37.2 Å². The van der Waals surface area contributed by atoms with Crippen molar-refractivity contribution >= 4 is 17.9 Å². The van der Waals surface area contributed by atoms with Crippen LogP contribution in [0.1, 0.15) is 349 Å². The molecule has 0 radical (unpaired) electrons. The Kier molecular flexibility index (Phi) is 54.0. The molecule has 0 saturated heterocycles. The summed E-state index contributed by atoms with van der Waals surface area (Å²) in [5.74, 6) is 0.00237. The van der Waals surface area contributed by atoms with Gasteiger partial charge in [-0.15, -0.1) is 0 Å². The topological polar surface area (TPSA) is 78.9 Å². The summed E-state index contributed by atoms with van der Waals surface area (Å²) in [5.41, 5.74) is 0. The van der Waals surface area contributed by atoms with Crippen molar-refractivity contribution in [3.8, 4) is 0 Å². The summed E-state index contributed by atoms with van der Waals surface area (Å²) in [6, 6.07) is 0. The molecule has 0 spiro atoms. The molecule has 0 N–H and O–H groups in total. The maximum atomic E-state index is 12.9. The first-order valence-corrected chi connectivity index (χ1v) is 30.4. The molecule has 0 aromatic heterocycles. The summed E-state index contributed by atoms with van der Waals surface area (Å²) in [7, 11) is 0. The molecule has 6 heteroatoms. The number of rotatable bonds is 56. The number of hydrogen-bond acceptors (Lipinski definition) is 6. The molecule has 0 heterocycles. The molecule has 398 valence electrons. The SMILES string of the molecule is CCCCCCCCCCCCCCCCCCCC(=O)OC[C@H](COC(=O)CCCCCCCCCCCCCCC(C)C)OC(=O)CCCCCCCCCCCCCCCCCCC. The normalized spacial score (nSPS) is 12.0. The molecule has 0 aliphatic carbocycles. The van der Waals surface area contributed by atoms with E-state index in [0.29, 0.717) is 19.3 Å². The monoisotopic (exact) mass is 947 g/mol. The Morgan fingerprint density at radius 1 is 0.284 bits per heavy atom. The van der Waals surface area contributed by atoms with Gasteiger partial charge in [-0.05, 0) is 25.2 Å². The van der Waals surface area contributed by atoms with E-state index in [1.54, 1.807) is 0 Å². The highest BCUT2D eigenvalue weighted by Gasteiger charge is 2.19. The molecular weight excluding hydrogens is 829 g/mol. The molecule has 67 heavy (non-hydrogen) atoms. The molecule has 0 aliphatic heterocycles. The Morgan fingerprint density at radius 2 is 0.493 bits per heavy atom. The van der Waals surface area contributed by atoms with Crippen LogP contribution in [-0.2, 0) is 28.6 Å². The zero-order valence-corrected chi connectivity index (χ0v) is 45.9. The second kappa shape index (κ2) is 55.3. The summed E-state index contributed by atoms with van der Waals surface area (Å²) in [5, 5.41) is 0. The zero-order chi connectivity index (χ0) is 48.8. The first kappa shape index (κ1) is 65.4. The molecule has 0 amide bonds. The van der Waals surface area contributed by atoms with Gasteiger partial charge in [0.2, 0.25) is 0 Å². The lowest BCUT2D eigenvalue weighted by Gasteiger charge is -2.18. The van der Waals surface area contributed by atoms with E-state index in [1.807, 2.05) is 0 Å². The van der Waals surface area contributed by atoms with Crippen LogP contribution in [0, 0.1) is 5.92 Å². The van der Waals surface area contributed by atoms with Crippen LogP contribution in [0.4, 0.5) is 0 Å². The Morgan fingerprint density at radius 3 is 0.731 bits per heavy atom. The van der Waals surface area contributed by atoms with Gasteiger partial charge in [-0.1, -0.05) is 310 Å². The van der Waals surface area contributed by atoms with Crippen molar-refractivity contribution < 1.29 is 28.6 Å². The van der Waals surface area contributed by atoms with Gasteiger partial charge in [-0.2, -0.15) is 0 Å². The average Bonchev–Trinajstić information content (AvgIpc) is 3.31. The van der Waals surface area contributed by atoms with Crippen molar-refractivity contribution in [2.24, 2.45) is 5.92 Å². The first-order valence-electron chi connectivity index (χ1n) is 30.4. The molecule has 0 saturated carbocycles. The van der Waals surface area contributed by atoms with Gasteiger partial charge < -0.3 is 14.2 Å². The van der Waals surface area contributed by atoms with Crippen LogP contribution in [0.25, 0.3) is 0 Å². The fourth-order valence-corrected chi connectivity index (χ4v) is 9.46. The van der Waals surface area contributed by atoms with Crippen molar-refractivity contribution in [2.75, 3.05) is 13.2 Å². The molecule has 0 aromatic rings. The molecule has 0 aromatic carbocycles. The van der Waals surface area contributed by atoms with Crippen LogP contribution in [0.15, 0.2) is 0 Å². The smallest absolute Gasteiger partial charge is 0.306 e. The van der Waals surface area contributed by atoms with Crippen LogP contribution in [0.2, 0.25) is 0 Å². The standard InChI is InChI=1S/C61H118O6/c1-5-7-9-11-13-15-17-19-21-23-25-27-32-36-40-44-48-52-59(62)65-55-58(56-66-60(63)53-49-45-41-37-33-30-29-31-35-39-43-47-51-57(3)4)67-61(64)54-50-46-42-38-34-28-26-24-22-20-18-16-14-12-10-8-6-2/h57-58H,5-56H2,1-4H3/t58-/m1/s1. The van der Waals surface area contributed by atoms with Gasteiger partial charge >= 0.3 is 17.9 Å². The predicted molar refractivity (Wildman–Crippen MR) is 289 cm³/mol. The number of unbranched alkanes of at least 4 members (excludes halogenated alkanes) is 43. The lowest BCUT2D eigenvalue weighted by molar-refractivity contribution is -0.167. The Bertz CT molecular complexity index is 1010. The number of carbonyl (C=O) groups is 3. The lowest BCUT2D eigenvalue weighted by atomic mass is 10.0. The highest BCUT2D eigenvalue weighted by molar-refractivity contribution is 5.71. The number of carbonyl (C=O) groups excluding carboxylic acids is 3. The molecule has 0 bridgehead atoms. The Balaban J connectivity index is 4.29. The molecule has 0 aliphatic rings. The maximum absolute atomic E-state index is 12.9. The van der Waals surface area contributed by atoms with Gasteiger partial charge in [-0.25, -0.2) is 0 Å². The van der Waals surface area contributed by atoms with E-state index in [1.165, 1.54) is 244 Å². The van der Waals surface area contributed by atoms with Gasteiger partial charge in [0.1, 0.15) is 13.2 Å². The van der Waals surface area contributed by atoms with Crippen molar-refractivity contribution in [2.45, 2.75) is 355 Å². The van der Waals surface area contributed by atoms with Crippen molar-refractivity contribution in [1.29, 1.82) is 0 Å². The summed E-state index contributed by atoms with van der Waals surface area (Å²) in [4.78, 5) is 38.2. The first-order chi connectivity index (χ1) is 32.9. The van der Waals surface area contributed by atoms with E-state index in [0.717, 1.165) is 63.7 Å². The second-order valence-corrected chi connectivity index (χ2v) is 21.5.